The van der Waals surface area contributed by atoms with Crippen molar-refractivity contribution in [3.05, 3.63) is 99.4 Å². The summed E-state index contributed by atoms with van der Waals surface area (Å²) in [6, 6.07) is 21.4. The van der Waals surface area contributed by atoms with Crippen LogP contribution >= 0.6 is 34.8 Å². The van der Waals surface area contributed by atoms with Crippen molar-refractivity contribution in [3.8, 4) is 22.5 Å². The van der Waals surface area contributed by atoms with E-state index in [1.807, 2.05) is 87.8 Å². The van der Waals surface area contributed by atoms with Gasteiger partial charge < -0.3 is 20.2 Å². The van der Waals surface area contributed by atoms with Crippen LogP contribution in [0.3, 0.4) is 0 Å². The van der Waals surface area contributed by atoms with Gasteiger partial charge in [-0.05, 0) is 62.4 Å². The lowest BCUT2D eigenvalue weighted by molar-refractivity contribution is -0.129. The molecule has 3 atom stereocenters. The Morgan fingerprint density at radius 2 is 1.58 bits per heavy atom. The van der Waals surface area contributed by atoms with E-state index >= 15 is 0 Å². The van der Waals surface area contributed by atoms with Gasteiger partial charge in [-0.15, -0.1) is 0 Å². The van der Waals surface area contributed by atoms with Crippen molar-refractivity contribution in [2.45, 2.75) is 90.4 Å². The van der Waals surface area contributed by atoms with Crippen LogP contribution in [0.5, 0.6) is 0 Å². The molecule has 8 nitrogen and oxygen atoms in total. The molecule has 2 amide bonds. The summed E-state index contributed by atoms with van der Waals surface area (Å²) in [6.07, 6.45) is 7.72. The molecule has 2 aromatic heterocycles. The van der Waals surface area contributed by atoms with Crippen LogP contribution in [0.1, 0.15) is 88.3 Å². The molecule has 53 heavy (non-hydrogen) atoms. The zero-order valence-electron chi connectivity index (χ0n) is 30.7. The first kappa shape index (κ1) is 37.5. The molecule has 7 rings (SSSR count). The van der Waals surface area contributed by atoms with Gasteiger partial charge in [0.1, 0.15) is 5.69 Å². The maximum atomic E-state index is 14.8. The number of aromatic amines is 1. The highest BCUT2D eigenvalue weighted by molar-refractivity contribution is 6.35. The van der Waals surface area contributed by atoms with E-state index in [4.69, 9.17) is 39.8 Å². The number of carbonyl (C=O) groups excluding carboxylic acids is 2. The molecule has 3 N–H and O–H groups in total. The Balaban J connectivity index is 1.25. The number of fused-ring (bicyclic) bond motifs is 1. The summed E-state index contributed by atoms with van der Waals surface area (Å²) in [4.78, 5) is 38.4. The highest BCUT2D eigenvalue weighted by atomic mass is 35.5. The number of imidazole rings is 1. The third-order valence-electron chi connectivity index (χ3n) is 11.0. The maximum Gasteiger partial charge on any atom is 0.268 e. The molecule has 3 heterocycles. The summed E-state index contributed by atoms with van der Waals surface area (Å²) < 4.78 is 2.09. The second-order valence-corrected chi connectivity index (χ2v) is 16.9. The van der Waals surface area contributed by atoms with Crippen molar-refractivity contribution < 1.29 is 9.59 Å². The normalized spacial score (nSPS) is 19.3. The maximum absolute atomic E-state index is 14.8. The fourth-order valence-corrected chi connectivity index (χ4v) is 8.76. The molecule has 1 saturated carbocycles. The zero-order chi connectivity index (χ0) is 37.4. The lowest BCUT2D eigenvalue weighted by atomic mass is 9.87. The van der Waals surface area contributed by atoms with E-state index in [2.05, 4.69) is 32.0 Å². The molecular formula is C42H47Cl3N6O2. The quantitative estimate of drug-likeness (QED) is 0.146. The van der Waals surface area contributed by atoms with Gasteiger partial charge in [0, 0.05) is 73.7 Å². The van der Waals surface area contributed by atoms with E-state index in [1.165, 1.54) is 0 Å². The molecule has 0 radical (unpaired) electrons. The summed E-state index contributed by atoms with van der Waals surface area (Å²) in [5, 5.41) is 9.32. The number of benzene rings is 3. The molecule has 1 saturated heterocycles. The average molecular weight is 774 g/mol. The van der Waals surface area contributed by atoms with Crippen molar-refractivity contribution in [2.75, 3.05) is 13.1 Å². The number of hydrogen-bond acceptors (Lipinski definition) is 4. The molecule has 11 heteroatoms. The van der Waals surface area contributed by atoms with Crippen LogP contribution in [0, 0.1) is 5.41 Å². The van der Waals surface area contributed by atoms with Crippen LogP contribution in [0.15, 0.2) is 73.1 Å². The number of H-pyrrole nitrogens is 1. The number of hydrogen-bond donors (Lipinski definition) is 3. The van der Waals surface area contributed by atoms with Crippen LogP contribution < -0.4 is 10.6 Å². The third kappa shape index (κ3) is 7.88. The predicted molar refractivity (Wildman–Crippen MR) is 216 cm³/mol. The Morgan fingerprint density at radius 1 is 0.887 bits per heavy atom. The summed E-state index contributed by atoms with van der Waals surface area (Å²) >= 11 is 19.6. The summed E-state index contributed by atoms with van der Waals surface area (Å²) in [7, 11) is 0. The highest BCUT2D eigenvalue weighted by Crippen LogP contribution is 2.42. The van der Waals surface area contributed by atoms with Crippen LogP contribution in [-0.2, 0) is 4.79 Å². The van der Waals surface area contributed by atoms with E-state index in [0.29, 0.717) is 20.8 Å². The van der Waals surface area contributed by atoms with Gasteiger partial charge in [0.25, 0.3) is 5.91 Å². The molecular weight excluding hydrogens is 727 g/mol. The number of aromatic nitrogens is 3. The van der Waals surface area contributed by atoms with E-state index in [-0.39, 0.29) is 36.0 Å². The Hall–Kier alpha value is -3.82. The lowest BCUT2D eigenvalue weighted by Crippen LogP contribution is -2.57. The minimum absolute atomic E-state index is 0.0230. The number of rotatable bonds is 8. The topological polar surface area (TPSA) is 95.1 Å². The Kier molecular flexibility index (Phi) is 11.0. The van der Waals surface area contributed by atoms with Gasteiger partial charge in [0.15, 0.2) is 0 Å². The average Bonchev–Trinajstić information content (AvgIpc) is 3.73. The van der Waals surface area contributed by atoms with Crippen molar-refractivity contribution in [1.29, 1.82) is 0 Å². The first-order valence-corrected chi connectivity index (χ1v) is 19.8. The number of likely N-dealkylation sites (tertiary alicyclic amines) is 1. The van der Waals surface area contributed by atoms with E-state index in [1.54, 1.807) is 6.07 Å². The van der Waals surface area contributed by atoms with Crippen LogP contribution in [0.4, 0.5) is 0 Å². The molecule has 2 fully saturated rings. The number of halogens is 3. The monoisotopic (exact) mass is 772 g/mol. The number of nitrogens with zero attached hydrogens (tertiary/aromatic N) is 3. The summed E-state index contributed by atoms with van der Waals surface area (Å²) in [5.41, 5.74) is 4.94. The second-order valence-electron chi connectivity index (χ2n) is 15.6. The molecule has 5 aromatic rings. The number of amides is 2. The first-order chi connectivity index (χ1) is 25.4. The molecule has 3 aromatic carbocycles. The highest BCUT2D eigenvalue weighted by Gasteiger charge is 2.36. The lowest BCUT2D eigenvalue weighted by Gasteiger charge is -2.43. The smallest absolute Gasteiger partial charge is 0.268 e. The van der Waals surface area contributed by atoms with Crippen molar-refractivity contribution in [3.63, 3.8) is 0 Å². The first-order valence-electron chi connectivity index (χ1n) is 18.6. The molecule has 0 unspecified atom stereocenters. The van der Waals surface area contributed by atoms with Crippen LogP contribution in [-0.4, -0.2) is 62.5 Å². The molecule has 2 aliphatic rings. The minimum Gasteiger partial charge on any atom is -0.353 e. The molecule has 1 aliphatic carbocycles. The molecule has 1 aliphatic heterocycles. The van der Waals surface area contributed by atoms with E-state index < -0.39 is 5.41 Å². The van der Waals surface area contributed by atoms with Gasteiger partial charge in [0.05, 0.1) is 23.8 Å². The van der Waals surface area contributed by atoms with Crippen LogP contribution in [0.25, 0.3) is 33.4 Å². The zero-order valence-corrected chi connectivity index (χ0v) is 33.0. The SMILES string of the molecule is C[C@@H](c1ccc(Cl)cc1Cl)n1cnc(-c2ccccc2)c1-c1c(C(=O)N[C@H]2CCCC[C@@H]2N2CCC(NC(=O)C(C)(C)C)CC2)[nH]c2cc(Cl)ccc12. The van der Waals surface area contributed by atoms with Gasteiger partial charge in [0.2, 0.25) is 5.91 Å². The van der Waals surface area contributed by atoms with Crippen molar-refractivity contribution in [2.24, 2.45) is 5.41 Å². The van der Waals surface area contributed by atoms with E-state index in [9.17, 15) is 9.59 Å². The summed E-state index contributed by atoms with van der Waals surface area (Å²) in [5.74, 6) is -0.0721. The van der Waals surface area contributed by atoms with Crippen molar-refractivity contribution >= 4 is 57.5 Å². The standard InChI is InChI=1S/C42H47Cl3N6O2/c1-25(30-16-14-27(43)22-32(30)45)51-24-46-37(26-10-6-5-7-11-26)39(51)36-31-17-15-28(44)23-34(31)48-38(36)40(52)49-33-12-8-9-13-35(33)50-20-18-29(19-21-50)47-41(53)42(2,3)4/h5-7,10-11,14-17,22-25,29,33,35,48H,8-9,12-13,18-21H2,1-4H3,(H,47,53)(H,49,52)/t25-,33-,35-/m0/s1. The number of carbonyl (C=O) groups is 2. The fraction of sp³-hybridized carbons (Fsp3) is 0.405. The van der Waals surface area contributed by atoms with Gasteiger partial charge in [-0.2, -0.15) is 0 Å². The second kappa shape index (κ2) is 15.5. The largest absolute Gasteiger partial charge is 0.353 e. The Labute approximate surface area is 326 Å². The number of piperidine rings is 1. The Bertz CT molecular complexity index is 2110. The molecule has 278 valence electrons. The Morgan fingerprint density at radius 3 is 2.30 bits per heavy atom. The molecule has 0 spiro atoms. The van der Waals surface area contributed by atoms with Gasteiger partial charge in [-0.1, -0.05) is 111 Å². The van der Waals surface area contributed by atoms with E-state index in [0.717, 1.165) is 90.6 Å². The van der Waals surface area contributed by atoms with Gasteiger partial charge in [-0.25, -0.2) is 4.98 Å². The van der Waals surface area contributed by atoms with Crippen molar-refractivity contribution in [1.82, 2.24) is 30.1 Å². The van der Waals surface area contributed by atoms with Crippen LogP contribution in [0.2, 0.25) is 15.1 Å². The minimum atomic E-state index is -0.414. The fourth-order valence-electron chi connectivity index (χ4n) is 8.02. The summed E-state index contributed by atoms with van der Waals surface area (Å²) in [6.45, 7) is 9.69. The van der Waals surface area contributed by atoms with Gasteiger partial charge >= 0.3 is 0 Å². The predicted octanol–water partition coefficient (Wildman–Crippen LogP) is 9.94. The van der Waals surface area contributed by atoms with Gasteiger partial charge in [-0.3, -0.25) is 14.5 Å². The third-order valence-corrected chi connectivity index (χ3v) is 11.8. The molecule has 0 bridgehead atoms. The number of nitrogens with one attached hydrogen (secondary N) is 3.